The highest BCUT2D eigenvalue weighted by Crippen LogP contribution is 2.43. The predicted molar refractivity (Wildman–Crippen MR) is 118 cm³/mol. The van der Waals surface area contributed by atoms with Crippen LogP contribution in [0.3, 0.4) is 0 Å². The van der Waals surface area contributed by atoms with Crippen LogP contribution < -0.4 is 10.5 Å². The van der Waals surface area contributed by atoms with Gasteiger partial charge in [-0.15, -0.1) is 0 Å². The third-order valence-corrected chi connectivity index (χ3v) is 5.08. The summed E-state index contributed by atoms with van der Waals surface area (Å²) in [6.07, 6.45) is 5.95. The Morgan fingerprint density at radius 2 is 1.93 bits per heavy atom. The lowest BCUT2D eigenvalue weighted by atomic mass is 9.69. The Hall–Kier alpha value is -2.96. The number of hydrogen-bond acceptors (Lipinski definition) is 6. The van der Waals surface area contributed by atoms with Crippen molar-refractivity contribution in [2.45, 2.75) is 60.0 Å². The maximum atomic E-state index is 12.6. The molecule has 2 aromatic heterocycles. The van der Waals surface area contributed by atoms with Crippen LogP contribution in [0.4, 0.5) is 0 Å². The molecule has 0 aliphatic heterocycles. The molecule has 0 spiro atoms. The molecule has 2 heterocycles. The fourth-order valence-electron chi connectivity index (χ4n) is 3.23. The van der Waals surface area contributed by atoms with Gasteiger partial charge in [0.25, 0.3) is 0 Å². The molecule has 1 aliphatic rings. The molecule has 0 saturated heterocycles. The first kappa shape index (κ1) is 23.3. The Morgan fingerprint density at radius 1 is 1.23 bits per heavy atom. The number of rotatable bonds is 6. The van der Waals surface area contributed by atoms with Crippen LogP contribution >= 0.6 is 0 Å². The average Bonchev–Trinajstić information content (AvgIpc) is 2.59. The number of pyridine rings is 2. The highest BCUT2D eigenvalue weighted by Gasteiger charge is 2.47. The van der Waals surface area contributed by atoms with Crippen molar-refractivity contribution in [1.29, 1.82) is 5.41 Å². The third kappa shape index (κ3) is 5.14. The number of aryl methyl sites for hydroxylation is 1. The van der Waals surface area contributed by atoms with E-state index in [0.29, 0.717) is 11.6 Å². The zero-order valence-electron chi connectivity index (χ0n) is 17.4. The van der Waals surface area contributed by atoms with Crippen LogP contribution in [-0.4, -0.2) is 34.0 Å². The lowest BCUT2D eigenvalue weighted by Gasteiger charge is -2.40. The van der Waals surface area contributed by atoms with Crippen molar-refractivity contribution in [3.8, 4) is 17.0 Å². The van der Waals surface area contributed by atoms with E-state index in [1.165, 1.54) is 0 Å². The van der Waals surface area contributed by atoms with Crippen LogP contribution in [0.2, 0.25) is 0 Å². The Morgan fingerprint density at radius 3 is 2.40 bits per heavy atom. The molecule has 1 aliphatic carbocycles. The maximum absolute atomic E-state index is 12.6. The van der Waals surface area contributed by atoms with Gasteiger partial charge in [-0.1, -0.05) is 19.9 Å². The van der Waals surface area contributed by atoms with Gasteiger partial charge >= 0.3 is 5.97 Å². The topological polar surface area (TPSA) is 111 Å². The number of aromatic nitrogens is 2. The zero-order chi connectivity index (χ0) is 21.2. The quantitative estimate of drug-likeness (QED) is 0.416. The molecule has 2 aromatic rings. The summed E-state index contributed by atoms with van der Waals surface area (Å²) in [6, 6.07) is 5.43. The van der Waals surface area contributed by atoms with Gasteiger partial charge in [0.05, 0.1) is 0 Å². The lowest BCUT2D eigenvalue weighted by Crippen LogP contribution is -2.46. The second-order valence-corrected chi connectivity index (χ2v) is 8.61. The van der Waals surface area contributed by atoms with E-state index in [9.17, 15) is 4.79 Å². The summed E-state index contributed by atoms with van der Waals surface area (Å²) in [5.41, 5.74) is 7.59. The molecule has 0 radical (unpaired) electrons. The number of nitrogens with zero attached hydrogens (tertiary/aromatic N) is 2. The summed E-state index contributed by atoms with van der Waals surface area (Å²) in [5, 5.41) is 7.43. The molecule has 3 N–H and O–H groups in total. The molecule has 0 amide bonds. The number of nitrogens with two attached hydrogens (primary N) is 1. The minimum Gasteiger partial charge on any atom is -0.476 e. The van der Waals surface area contributed by atoms with E-state index >= 15 is 0 Å². The van der Waals surface area contributed by atoms with Crippen molar-refractivity contribution >= 4 is 11.8 Å². The molecule has 1 saturated carbocycles. The maximum Gasteiger partial charge on any atom is 0.316 e. The van der Waals surface area contributed by atoms with E-state index < -0.39 is 11.0 Å². The Labute approximate surface area is 178 Å². The fourth-order valence-corrected chi connectivity index (χ4v) is 3.23. The van der Waals surface area contributed by atoms with E-state index in [0.717, 1.165) is 36.0 Å². The second-order valence-electron chi connectivity index (χ2n) is 8.61. The molecule has 0 unspecified atom stereocenters. The van der Waals surface area contributed by atoms with Crippen LogP contribution in [0.1, 0.15) is 58.7 Å². The number of hydrogen-bond donors (Lipinski definition) is 2. The summed E-state index contributed by atoms with van der Waals surface area (Å²) in [7, 11) is 0. The van der Waals surface area contributed by atoms with E-state index in [4.69, 9.17) is 20.6 Å². The number of nitrogens with one attached hydrogen (secondary N) is 1. The molecule has 1 fully saturated rings. The number of ether oxygens (including phenoxy) is 2. The highest BCUT2D eigenvalue weighted by molar-refractivity contribution is 5.93. The highest BCUT2D eigenvalue weighted by atomic mass is 16.6. The number of carbonyl (C=O) groups is 1. The average molecular weight is 413 g/mol. The van der Waals surface area contributed by atoms with Crippen LogP contribution in [-0.2, 0) is 9.53 Å². The first-order valence-electron chi connectivity index (χ1n) is 9.73. The van der Waals surface area contributed by atoms with E-state index in [2.05, 4.69) is 9.97 Å². The monoisotopic (exact) mass is 412 g/mol. The zero-order valence-corrected chi connectivity index (χ0v) is 17.4. The SMILES string of the molecule is C.Cc1cc(OCC2(C(=O)OC(C)(C)C)CCC2)ncc1-c1ccc(C(=N)N)nc1. The van der Waals surface area contributed by atoms with Crippen molar-refractivity contribution in [3.05, 3.63) is 41.9 Å². The summed E-state index contributed by atoms with van der Waals surface area (Å²) >= 11 is 0. The summed E-state index contributed by atoms with van der Waals surface area (Å²) in [6.45, 7) is 7.86. The first-order valence-corrected chi connectivity index (χ1v) is 9.73. The minimum atomic E-state index is -0.575. The van der Waals surface area contributed by atoms with Gasteiger partial charge in [0.15, 0.2) is 0 Å². The van der Waals surface area contributed by atoms with Crippen LogP contribution in [0.5, 0.6) is 5.88 Å². The van der Waals surface area contributed by atoms with E-state index in [1.54, 1.807) is 18.5 Å². The minimum absolute atomic E-state index is 0. The molecule has 7 heteroatoms. The van der Waals surface area contributed by atoms with Crippen molar-refractivity contribution in [1.82, 2.24) is 9.97 Å². The largest absolute Gasteiger partial charge is 0.476 e. The normalized spacial score (nSPS) is 14.8. The number of esters is 1. The van der Waals surface area contributed by atoms with Gasteiger partial charge in [0.1, 0.15) is 29.2 Å². The van der Waals surface area contributed by atoms with Gasteiger partial charge in [0, 0.05) is 29.6 Å². The molecule has 0 atom stereocenters. The van der Waals surface area contributed by atoms with Crippen LogP contribution in [0.25, 0.3) is 11.1 Å². The van der Waals surface area contributed by atoms with E-state index in [1.807, 2.05) is 39.8 Å². The standard InChI is InChI=1S/C22H28N4O3.CH4/c1-14-10-18(26-12-16(14)15-6-7-17(19(23)24)25-11-15)28-13-22(8-5-9-22)20(27)29-21(2,3)4;/h6-7,10-12H,5,8-9,13H2,1-4H3,(H3,23,24);1H4. The smallest absolute Gasteiger partial charge is 0.316 e. The molecular formula is C23H32N4O3. The van der Waals surface area contributed by atoms with Crippen LogP contribution in [0.15, 0.2) is 30.6 Å². The van der Waals surface area contributed by atoms with Gasteiger partial charge in [-0.3, -0.25) is 15.2 Å². The Kier molecular flexibility index (Phi) is 6.85. The third-order valence-electron chi connectivity index (χ3n) is 5.08. The molecular weight excluding hydrogens is 380 g/mol. The lowest BCUT2D eigenvalue weighted by molar-refractivity contribution is -0.176. The molecule has 7 nitrogen and oxygen atoms in total. The first-order chi connectivity index (χ1) is 13.6. The number of carbonyl (C=O) groups excluding carboxylic acids is 1. The van der Waals surface area contributed by atoms with Crippen molar-refractivity contribution in [2.24, 2.45) is 11.1 Å². The Balaban J connectivity index is 0.00000320. The van der Waals surface area contributed by atoms with Crippen molar-refractivity contribution < 1.29 is 14.3 Å². The summed E-state index contributed by atoms with van der Waals surface area (Å²) < 4.78 is 11.5. The van der Waals surface area contributed by atoms with Gasteiger partial charge in [-0.25, -0.2) is 4.98 Å². The van der Waals surface area contributed by atoms with E-state index in [-0.39, 0.29) is 25.8 Å². The number of nitrogen functional groups attached to an aromatic ring is 1. The second kappa shape index (κ2) is 8.81. The number of amidine groups is 1. The predicted octanol–water partition coefficient (Wildman–Crippen LogP) is 4.26. The summed E-state index contributed by atoms with van der Waals surface area (Å²) in [4.78, 5) is 21.2. The fraction of sp³-hybridized carbons (Fsp3) is 0.478. The van der Waals surface area contributed by atoms with Crippen molar-refractivity contribution in [3.63, 3.8) is 0 Å². The van der Waals surface area contributed by atoms with Gasteiger partial charge in [-0.05, 0) is 52.2 Å². The summed E-state index contributed by atoms with van der Waals surface area (Å²) in [5.74, 6) is 0.223. The molecule has 30 heavy (non-hydrogen) atoms. The Bertz CT molecular complexity index is 913. The van der Waals surface area contributed by atoms with Gasteiger partial charge in [0.2, 0.25) is 5.88 Å². The molecule has 162 valence electrons. The molecule has 3 rings (SSSR count). The molecule has 0 bridgehead atoms. The molecule has 0 aromatic carbocycles. The van der Waals surface area contributed by atoms with Crippen LogP contribution in [0, 0.1) is 17.7 Å². The van der Waals surface area contributed by atoms with Crippen molar-refractivity contribution in [2.75, 3.05) is 6.61 Å². The van der Waals surface area contributed by atoms with Gasteiger partial charge in [-0.2, -0.15) is 0 Å². The van der Waals surface area contributed by atoms with Gasteiger partial charge < -0.3 is 15.2 Å².